The highest BCUT2D eigenvalue weighted by Crippen LogP contribution is 2.53. The van der Waals surface area contributed by atoms with Crippen LogP contribution in [0.3, 0.4) is 0 Å². The van der Waals surface area contributed by atoms with Crippen molar-refractivity contribution in [3.63, 3.8) is 0 Å². The van der Waals surface area contributed by atoms with E-state index in [1.54, 1.807) is 21.3 Å². The first-order valence-electron chi connectivity index (χ1n) is 18.1. The standard InChI is InChI=1S/C42H48N2O6/c1-43-18-16-28-23-36(46-4)38-25-32(28)33(43)20-26-10-13-31(14-11-26)48-37-22-27(12-15-35(37)45-3)21-34-40-29(17-19-44(34)2)24-39(47-5)41(42(40)50-38)49-30-8-6-7-9-30/h10-15,22-25,30,33-34H,6-9,16-21H2,1-5H3. The molecule has 0 spiro atoms. The fraction of sp³-hybridized carbons (Fsp3) is 0.429. The molecule has 0 N–H and O–H groups in total. The molecule has 1 aliphatic carbocycles. The Bertz CT molecular complexity index is 1870. The van der Waals surface area contributed by atoms with Crippen LogP contribution in [0.5, 0.6) is 46.0 Å². The van der Waals surface area contributed by atoms with Crippen molar-refractivity contribution in [3.8, 4) is 46.0 Å². The number of fused-ring (bicyclic) bond motifs is 2. The molecule has 1 saturated carbocycles. The van der Waals surface area contributed by atoms with Crippen LogP contribution in [0.25, 0.3) is 0 Å². The summed E-state index contributed by atoms with van der Waals surface area (Å²) in [5.41, 5.74) is 7.29. The molecule has 4 aliphatic heterocycles. The van der Waals surface area contributed by atoms with Crippen LogP contribution in [0.1, 0.15) is 71.1 Å². The quantitative estimate of drug-likeness (QED) is 0.209. The lowest BCUT2D eigenvalue weighted by molar-refractivity contribution is 0.186. The number of hydrogen-bond acceptors (Lipinski definition) is 8. The van der Waals surface area contributed by atoms with Gasteiger partial charge in [-0.05, 0) is 136 Å². The van der Waals surface area contributed by atoms with E-state index in [2.05, 4.69) is 78.5 Å². The van der Waals surface area contributed by atoms with Crippen LogP contribution in [0, 0.1) is 0 Å². The van der Waals surface area contributed by atoms with Crippen molar-refractivity contribution in [2.24, 2.45) is 0 Å². The molecule has 262 valence electrons. The molecule has 9 rings (SSSR count). The van der Waals surface area contributed by atoms with Gasteiger partial charge in [-0.1, -0.05) is 18.2 Å². The lowest BCUT2D eigenvalue weighted by Crippen LogP contribution is -2.34. The van der Waals surface area contributed by atoms with Crippen molar-refractivity contribution in [2.45, 2.75) is 69.6 Å². The fourth-order valence-corrected chi connectivity index (χ4v) is 8.37. The Morgan fingerprint density at radius 3 is 2.02 bits per heavy atom. The van der Waals surface area contributed by atoms with Gasteiger partial charge in [0.25, 0.3) is 0 Å². The number of hydrogen-bond donors (Lipinski definition) is 0. The van der Waals surface area contributed by atoms with Gasteiger partial charge in [-0.2, -0.15) is 0 Å². The van der Waals surface area contributed by atoms with Crippen LogP contribution in [-0.4, -0.2) is 64.4 Å². The summed E-state index contributed by atoms with van der Waals surface area (Å²) < 4.78 is 38.6. The van der Waals surface area contributed by atoms with Gasteiger partial charge in [0.1, 0.15) is 5.75 Å². The zero-order valence-corrected chi connectivity index (χ0v) is 29.9. The van der Waals surface area contributed by atoms with Gasteiger partial charge in [0.15, 0.2) is 34.5 Å². The van der Waals surface area contributed by atoms with Gasteiger partial charge in [-0.25, -0.2) is 0 Å². The minimum atomic E-state index is 0.00694. The van der Waals surface area contributed by atoms with E-state index in [1.165, 1.54) is 22.3 Å². The highest BCUT2D eigenvalue weighted by atomic mass is 16.6. The molecule has 0 amide bonds. The van der Waals surface area contributed by atoms with E-state index < -0.39 is 0 Å². The molecule has 0 radical (unpaired) electrons. The molecule has 2 unspecified atom stereocenters. The average molecular weight is 677 g/mol. The lowest BCUT2D eigenvalue weighted by atomic mass is 9.87. The Morgan fingerprint density at radius 1 is 0.640 bits per heavy atom. The second-order valence-electron chi connectivity index (χ2n) is 14.3. The number of likely N-dealkylation sites (N-methyl/N-ethyl adjacent to an activating group) is 2. The summed E-state index contributed by atoms with van der Waals surface area (Å²) in [6.45, 7) is 1.88. The van der Waals surface area contributed by atoms with Crippen LogP contribution < -0.4 is 28.4 Å². The molecule has 2 atom stereocenters. The number of ether oxygens (including phenoxy) is 6. The Hall–Kier alpha value is -4.40. The monoisotopic (exact) mass is 676 g/mol. The van der Waals surface area contributed by atoms with Gasteiger partial charge in [0.05, 0.1) is 27.4 Å². The molecule has 1 fully saturated rings. The summed E-state index contributed by atoms with van der Waals surface area (Å²) in [5.74, 6) is 5.73. The van der Waals surface area contributed by atoms with Gasteiger partial charge < -0.3 is 28.4 Å². The van der Waals surface area contributed by atoms with Crippen LogP contribution >= 0.6 is 0 Å². The lowest BCUT2D eigenvalue weighted by Gasteiger charge is -2.38. The summed E-state index contributed by atoms with van der Waals surface area (Å²) in [4.78, 5) is 4.88. The van der Waals surface area contributed by atoms with Crippen molar-refractivity contribution in [1.29, 1.82) is 0 Å². The maximum atomic E-state index is 7.25. The average Bonchev–Trinajstić information content (AvgIpc) is 3.65. The molecule has 8 heteroatoms. The Kier molecular flexibility index (Phi) is 9.00. The molecule has 50 heavy (non-hydrogen) atoms. The topological polar surface area (TPSA) is 61.9 Å². The molecule has 0 aromatic heterocycles. The largest absolute Gasteiger partial charge is 0.493 e. The van der Waals surface area contributed by atoms with Crippen LogP contribution in [-0.2, 0) is 25.7 Å². The summed E-state index contributed by atoms with van der Waals surface area (Å²) in [6, 6.07) is 21.5. The SMILES string of the molecule is COc1ccc2cc1Oc1ccc(cc1)CC1c3cc(c(OC)cc3CCN1C)Oc1c(OC3CCCC3)c(OC)cc3c1C(C2)N(C)CC3. The Balaban J connectivity index is 1.36. The first-order chi connectivity index (χ1) is 24.4. The maximum absolute atomic E-state index is 7.25. The molecule has 0 saturated heterocycles. The second-order valence-corrected chi connectivity index (χ2v) is 14.3. The normalized spacial score (nSPS) is 20.6. The molecule has 8 nitrogen and oxygen atoms in total. The molecule has 4 aromatic rings. The zero-order valence-electron chi connectivity index (χ0n) is 29.9. The molecular formula is C42H48N2O6. The van der Waals surface area contributed by atoms with Crippen LogP contribution in [0.4, 0.5) is 0 Å². The number of methoxy groups -OCH3 is 3. The smallest absolute Gasteiger partial charge is 0.204 e. The van der Waals surface area contributed by atoms with E-state index in [1.807, 2.05) is 6.07 Å². The van der Waals surface area contributed by atoms with Gasteiger partial charge in [-0.15, -0.1) is 0 Å². The van der Waals surface area contributed by atoms with Gasteiger partial charge in [0.2, 0.25) is 5.75 Å². The Labute approximate surface area is 295 Å². The molecule has 6 bridgehead atoms. The minimum absolute atomic E-state index is 0.00694. The third kappa shape index (κ3) is 6.13. The van der Waals surface area contributed by atoms with E-state index >= 15 is 0 Å². The van der Waals surface area contributed by atoms with Gasteiger partial charge in [-0.3, -0.25) is 9.80 Å². The number of nitrogens with zero attached hydrogens (tertiary/aromatic N) is 2. The van der Waals surface area contributed by atoms with Gasteiger partial charge >= 0.3 is 0 Å². The molecule has 5 aliphatic rings. The first-order valence-corrected chi connectivity index (χ1v) is 18.1. The van der Waals surface area contributed by atoms with E-state index in [4.69, 9.17) is 28.4 Å². The molecule has 4 heterocycles. The van der Waals surface area contributed by atoms with Crippen LogP contribution in [0.15, 0.2) is 60.7 Å². The predicted octanol–water partition coefficient (Wildman–Crippen LogP) is 8.48. The third-order valence-electron chi connectivity index (χ3n) is 11.2. The van der Waals surface area contributed by atoms with Crippen molar-refractivity contribution in [1.82, 2.24) is 9.80 Å². The molecular weight excluding hydrogens is 628 g/mol. The highest BCUT2D eigenvalue weighted by Gasteiger charge is 2.36. The van der Waals surface area contributed by atoms with E-state index in [-0.39, 0.29) is 18.2 Å². The summed E-state index contributed by atoms with van der Waals surface area (Å²) in [6.07, 6.45) is 7.90. The summed E-state index contributed by atoms with van der Waals surface area (Å²) in [5, 5.41) is 0. The van der Waals surface area contributed by atoms with E-state index in [0.29, 0.717) is 28.7 Å². The minimum Gasteiger partial charge on any atom is -0.493 e. The molecule has 4 aromatic carbocycles. The second kappa shape index (κ2) is 13.7. The fourth-order valence-electron chi connectivity index (χ4n) is 8.37. The van der Waals surface area contributed by atoms with Crippen LogP contribution in [0.2, 0.25) is 0 Å². The maximum Gasteiger partial charge on any atom is 0.204 e. The Morgan fingerprint density at radius 2 is 1.28 bits per heavy atom. The van der Waals surface area contributed by atoms with Crippen molar-refractivity contribution in [3.05, 3.63) is 94.0 Å². The van der Waals surface area contributed by atoms with Crippen molar-refractivity contribution in [2.75, 3.05) is 48.5 Å². The number of benzene rings is 4. The first kappa shape index (κ1) is 32.8. The van der Waals surface area contributed by atoms with Crippen molar-refractivity contribution >= 4 is 0 Å². The zero-order chi connectivity index (χ0) is 34.4. The number of rotatable bonds is 5. The summed E-state index contributed by atoms with van der Waals surface area (Å²) >= 11 is 0. The summed E-state index contributed by atoms with van der Waals surface area (Å²) in [7, 11) is 9.57. The van der Waals surface area contributed by atoms with Gasteiger partial charge in [0, 0.05) is 30.7 Å². The predicted molar refractivity (Wildman–Crippen MR) is 194 cm³/mol. The highest BCUT2D eigenvalue weighted by molar-refractivity contribution is 5.64. The van der Waals surface area contributed by atoms with Crippen molar-refractivity contribution < 1.29 is 28.4 Å². The van der Waals surface area contributed by atoms with E-state index in [0.717, 1.165) is 92.8 Å². The third-order valence-corrected chi connectivity index (χ3v) is 11.2. The van der Waals surface area contributed by atoms with E-state index in [9.17, 15) is 0 Å².